The Bertz CT molecular complexity index is 289. The second kappa shape index (κ2) is 12.8. The van der Waals surface area contributed by atoms with Gasteiger partial charge in [0.15, 0.2) is 0 Å². The highest BCUT2D eigenvalue weighted by Gasteiger charge is 2.13. The number of aliphatic hydroxyl groups is 1. The average Bonchev–Trinajstić information content (AvgIpc) is 2.92. The lowest BCUT2D eigenvalue weighted by Crippen LogP contribution is -2.35. The van der Waals surface area contributed by atoms with Gasteiger partial charge in [-0.2, -0.15) is 0 Å². The Morgan fingerprint density at radius 3 is 2.38 bits per heavy atom. The molecule has 0 saturated carbocycles. The third kappa shape index (κ3) is 8.82. The van der Waals surface area contributed by atoms with Crippen molar-refractivity contribution >= 4 is 0 Å². The Labute approximate surface area is 131 Å². The molecule has 0 saturated heterocycles. The summed E-state index contributed by atoms with van der Waals surface area (Å²) in [4.78, 5) is 2.12. The van der Waals surface area contributed by atoms with Crippen LogP contribution >= 0.6 is 0 Å². The fraction of sp³-hybridized carbons (Fsp3) is 0.778. The number of nitrogens with one attached hydrogen (secondary N) is 1. The predicted molar refractivity (Wildman–Crippen MR) is 90.8 cm³/mol. The van der Waals surface area contributed by atoms with Crippen LogP contribution in [0.5, 0.6) is 0 Å². The molecule has 1 aliphatic heterocycles. The van der Waals surface area contributed by atoms with Gasteiger partial charge in [0, 0.05) is 18.9 Å². The van der Waals surface area contributed by atoms with Gasteiger partial charge in [0.2, 0.25) is 0 Å². The van der Waals surface area contributed by atoms with Crippen molar-refractivity contribution in [3.8, 4) is 0 Å². The van der Waals surface area contributed by atoms with Gasteiger partial charge in [-0.05, 0) is 18.9 Å². The van der Waals surface area contributed by atoms with E-state index >= 15 is 0 Å². The lowest BCUT2D eigenvalue weighted by Gasteiger charge is -2.21. The first-order valence-corrected chi connectivity index (χ1v) is 8.84. The SMILES string of the molecule is CCCCCCCCCCC/C=C/C1NC=CN1CCO. The summed E-state index contributed by atoms with van der Waals surface area (Å²) in [5.41, 5.74) is 0. The molecule has 0 fully saturated rings. The van der Waals surface area contributed by atoms with Gasteiger partial charge in [0.25, 0.3) is 0 Å². The highest BCUT2D eigenvalue weighted by atomic mass is 16.3. The van der Waals surface area contributed by atoms with E-state index in [2.05, 4.69) is 29.3 Å². The molecule has 0 amide bonds. The summed E-state index contributed by atoms with van der Waals surface area (Å²) in [7, 11) is 0. The van der Waals surface area contributed by atoms with Crippen LogP contribution in [-0.4, -0.2) is 29.3 Å². The van der Waals surface area contributed by atoms with Gasteiger partial charge in [-0.1, -0.05) is 64.4 Å². The van der Waals surface area contributed by atoms with Gasteiger partial charge in [-0.15, -0.1) is 0 Å². The van der Waals surface area contributed by atoms with Crippen molar-refractivity contribution in [1.29, 1.82) is 0 Å². The molecule has 0 bridgehead atoms. The quantitative estimate of drug-likeness (QED) is 0.395. The highest BCUT2D eigenvalue weighted by Crippen LogP contribution is 2.11. The van der Waals surface area contributed by atoms with Crippen molar-refractivity contribution in [3.63, 3.8) is 0 Å². The molecule has 0 radical (unpaired) electrons. The predicted octanol–water partition coefficient (Wildman–Crippen LogP) is 4.16. The summed E-state index contributed by atoms with van der Waals surface area (Å²) < 4.78 is 0. The number of hydrogen-bond acceptors (Lipinski definition) is 3. The molecule has 0 aromatic heterocycles. The molecule has 1 atom stereocenters. The second-order valence-electron chi connectivity index (χ2n) is 5.93. The fourth-order valence-electron chi connectivity index (χ4n) is 2.72. The van der Waals surface area contributed by atoms with Gasteiger partial charge in [0.1, 0.15) is 6.17 Å². The van der Waals surface area contributed by atoms with Crippen molar-refractivity contribution in [3.05, 3.63) is 24.6 Å². The largest absolute Gasteiger partial charge is 0.395 e. The number of aliphatic hydroxyl groups excluding tert-OH is 1. The number of allylic oxidation sites excluding steroid dienone is 1. The van der Waals surface area contributed by atoms with Gasteiger partial charge < -0.3 is 15.3 Å². The molecule has 1 unspecified atom stereocenters. The van der Waals surface area contributed by atoms with E-state index in [-0.39, 0.29) is 12.8 Å². The average molecular weight is 294 g/mol. The first kappa shape index (κ1) is 18.1. The Morgan fingerprint density at radius 2 is 1.71 bits per heavy atom. The van der Waals surface area contributed by atoms with E-state index in [9.17, 15) is 0 Å². The summed E-state index contributed by atoms with van der Waals surface area (Å²) in [6, 6.07) is 0. The summed E-state index contributed by atoms with van der Waals surface area (Å²) in [5, 5.41) is 12.3. The fourth-order valence-corrected chi connectivity index (χ4v) is 2.72. The number of rotatable bonds is 13. The zero-order valence-corrected chi connectivity index (χ0v) is 13.8. The number of unbranched alkanes of at least 4 members (excludes halogenated alkanes) is 9. The summed E-state index contributed by atoms with van der Waals surface area (Å²) >= 11 is 0. The lowest BCUT2D eigenvalue weighted by molar-refractivity contribution is 0.220. The molecular weight excluding hydrogens is 260 g/mol. The lowest BCUT2D eigenvalue weighted by atomic mass is 10.1. The molecule has 0 spiro atoms. The Hall–Kier alpha value is -0.960. The van der Waals surface area contributed by atoms with Gasteiger partial charge in [-0.25, -0.2) is 0 Å². The molecule has 1 heterocycles. The van der Waals surface area contributed by atoms with Crippen LogP contribution in [0.15, 0.2) is 24.6 Å². The van der Waals surface area contributed by atoms with E-state index in [1.165, 1.54) is 64.2 Å². The normalized spacial score (nSPS) is 17.8. The van der Waals surface area contributed by atoms with Crippen LogP contribution in [0.25, 0.3) is 0 Å². The molecule has 21 heavy (non-hydrogen) atoms. The van der Waals surface area contributed by atoms with E-state index in [4.69, 9.17) is 5.11 Å². The minimum atomic E-state index is 0.203. The molecule has 1 rings (SSSR count). The van der Waals surface area contributed by atoms with E-state index in [1.807, 2.05) is 12.4 Å². The van der Waals surface area contributed by atoms with Crippen molar-refractivity contribution in [2.75, 3.05) is 13.2 Å². The van der Waals surface area contributed by atoms with Gasteiger partial charge >= 0.3 is 0 Å². The first-order chi connectivity index (χ1) is 10.4. The van der Waals surface area contributed by atoms with Crippen LogP contribution in [0, 0.1) is 0 Å². The monoisotopic (exact) mass is 294 g/mol. The molecule has 2 N–H and O–H groups in total. The molecule has 0 aliphatic carbocycles. The van der Waals surface area contributed by atoms with E-state index in [1.54, 1.807) is 0 Å². The first-order valence-electron chi connectivity index (χ1n) is 8.84. The zero-order chi connectivity index (χ0) is 15.2. The third-order valence-electron chi connectivity index (χ3n) is 4.04. The number of hydrogen-bond donors (Lipinski definition) is 2. The number of β-amino-alcohol motifs (C(OH)–C–C–N with tert-alkyl or cyclic N) is 1. The third-order valence-corrected chi connectivity index (χ3v) is 4.04. The van der Waals surface area contributed by atoms with Gasteiger partial charge in [0.05, 0.1) is 6.61 Å². The number of nitrogens with zero attached hydrogens (tertiary/aromatic N) is 1. The van der Waals surface area contributed by atoms with Crippen molar-refractivity contribution < 1.29 is 5.11 Å². The van der Waals surface area contributed by atoms with E-state index < -0.39 is 0 Å². The van der Waals surface area contributed by atoms with E-state index in [0.717, 1.165) is 0 Å². The molecular formula is C18H34N2O. The topological polar surface area (TPSA) is 35.5 Å². The van der Waals surface area contributed by atoms with Crippen LogP contribution in [0.2, 0.25) is 0 Å². The van der Waals surface area contributed by atoms with Crippen LogP contribution in [0.4, 0.5) is 0 Å². The van der Waals surface area contributed by atoms with Crippen LogP contribution in [-0.2, 0) is 0 Å². The Balaban J connectivity index is 1.91. The molecule has 3 heteroatoms. The Morgan fingerprint density at radius 1 is 1.05 bits per heavy atom. The minimum absolute atomic E-state index is 0.203. The standard InChI is InChI=1S/C18H34N2O/c1-2-3-4-5-6-7-8-9-10-11-12-13-18-19-14-15-20(18)16-17-21/h12-15,18-19,21H,2-11,16-17H2,1H3/b13-12+. The molecule has 3 nitrogen and oxygen atoms in total. The second-order valence-corrected chi connectivity index (χ2v) is 5.93. The molecule has 0 aromatic rings. The van der Waals surface area contributed by atoms with Crippen molar-refractivity contribution in [1.82, 2.24) is 10.2 Å². The van der Waals surface area contributed by atoms with Gasteiger partial charge in [-0.3, -0.25) is 0 Å². The van der Waals surface area contributed by atoms with Crippen LogP contribution < -0.4 is 5.32 Å². The van der Waals surface area contributed by atoms with Crippen LogP contribution in [0.3, 0.4) is 0 Å². The maximum atomic E-state index is 8.98. The summed E-state index contributed by atoms with van der Waals surface area (Å²) in [6.07, 6.45) is 22.3. The van der Waals surface area contributed by atoms with Crippen LogP contribution in [0.1, 0.15) is 71.1 Å². The summed E-state index contributed by atoms with van der Waals surface area (Å²) in [6.45, 7) is 3.17. The highest BCUT2D eigenvalue weighted by molar-refractivity contribution is 5.04. The molecule has 0 aromatic carbocycles. The maximum Gasteiger partial charge on any atom is 0.118 e. The molecule has 122 valence electrons. The van der Waals surface area contributed by atoms with E-state index in [0.29, 0.717) is 6.54 Å². The van der Waals surface area contributed by atoms with Crippen molar-refractivity contribution in [2.24, 2.45) is 0 Å². The smallest absolute Gasteiger partial charge is 0.118 e. The zero-order valence-electron chi connectivity index (χ0n) is 13.8. The van der Waals surface area contributed by atoms with Crippen molar-refractivity contribution in [2.45, 2.75) is 77.3 Å². The summed E-state index contributed by atoms with van der Waals surface area (Å²) in [5.74, 6) is 0. The maximum absolute atomic E-state index is 8.98. The molecule has 1 aliphatic rings. The minimum Gasteiger partial charge on any atom is -0.395 e. The Kier molecular flexibility index (Phi) is 11.0.